The van der Waals surface area contributed by atoms with Crippen LogP contribution in [0.1, 0.15) is 74.9 Å². The van der Waals surface area contributed by atoms with E-state index in [0.29, 0.717) is 37.4 Å². The highest BCUT2D eigenvalue weighted by atomic mass is 19.4. The number of likely N-dealkylation sites (tertiary alicyclic amines) is 1. The fourth-order valence-electron chi connectivity index (χ4n) is 5.56. The Hall–Kier alpha value is -4.51. The number of nitrogens with one attached hydrogen (secondary N) is 1. The molecule has 3 N–H and O–H groups in total. The van der Waals surface area contributed by atoms with Gasteiger partial charge in [0.15, 0.2) is 0 Å². The van der Waals surface area contributed by atoms with E-state index in [1.165, 1.54) is 12.1 Å². The first kappa shape index (κ1) is 30.0. The number of anilines is 1. The largest absolute Gasteiger partial charge is 0.491 e. The highest BCUT2D eigenvalue weighted by Gasteiger charge is 2.43. The molecular formula is C32H30F3N3O5. The minimum atomic E-state index is -5.31. The van der Waals surface area contributed by atoms with Gasteiger partial charge in [0.1, 0.15) is 6.04 Å². The first-order valence-corrected chi connectivity index (χ1v) is 14.0. The Labute approximate surface area is 246 Å². The van der Waals surface area contributed by atoms with Crippen molar-refractivity contribution in [3.05, 3.63) is 101 Å². The van der Waals surface area contributed by atoms with Gasteiger partial charge in [-0.1, -0.05) is 36.4 Å². The van der Waals surface area contributed by atoms with Gasteiger partial charge in [-0.15, -0.1) is 0 Å². The van der Waals surface area contributed by atoms with E-state index in [9.17, 15) is 32.3 Å². The van der Waals surface area contributed by atoms with E-state index in [4.69, 9.17) is 5.73 Å². The number of hydrogen-bond acceptors (Lipinski definition) is 6. The zero-order chi connectivity index (χ0) is 30.7. The van der Waals surface area contributed by atoms with Crippen LogP contribution in [0.2, 0.25) is 0 Å². The smallest absolute Gasteiger partial charge is 0.383 e. The van der Waals surface area contributed by atoms with E-state index in [0.717, 1.165) is 41.7 Å². The molecule has 224 valence electrons. The van der Waals surface area contributed by atoms with Gasteiger partial charge in [0.25, 0.3) is 5.91 Å². The van der Waals surface area contributed by atoms with Gasteiger partial charge in [-0.05, 0) is 84.7 Å². The first-order chi connectivity index (χ1) is 20.6. The molecule has 1 saturated carbocycles. The number of rotatable bonds is 7. The molecule has 8 nitrogen and oxygen atoms in total. The van der Waals surface area contributed by atoms with Crippen molar-refractivity contribution in [3.63, 3.8) is 0 Å². The number of hydrogen-bond donors (Lipinski definition) is 2. The number of esters is 2. The zero-order valence-corrected chi connectivity index (χ0v) is 23.1. The lowest BCUT2D eigenvalue weighted by Crippen LogP contribution is -2.53. The predicted octanol–water partition coefficient (Wildman–Crippen LogP) is 5.30. The SMILES string of the molecule is NCc1ccc(C(=O)N2CCCC(c3ccccc3)C2C(=O)Nc2ccc(C(=O)OC(=O)C(F)(F)F)cc2)cc1C1CC1. The highest BCUT2D eigenvalue weighted by molar-refractivity contribution is 6.03. The average molecular weight is 594 g/mol. The predicted molar refractivity (Wildman–Crippen MR) is 151 cm³/mol. The topological polar surface area (TPSA) is 119 Å². The summed E-state index contributed by atoms with van der Waals surface area (Å²) in [6.45, 7) is 0.746. The summed E-state index contributed by atoms with van der Waals surface area (Å²) in [4.78, 5) is 52.4. The number of amides is 2. The van der Waals surface area contributed by atoms with Gasteiger partial charge in [0.2, 0.25) is 5.91 Å². The van der Waals surface area contributed by atoms with E-state index >= 15 is 0 Å². The number of nitrogens with zero attached hydrogens (tertiary/aromatic N) is 1. The average Bonchev–Trinajstić information content (AvgIpc) is 3.86. The van der Waals surface area contributed by atoms with Crippen LogP contribution in [0, 0.1) is 0 Å². The van der Waals surface area contributed by atoms with Crippen LogP contribution in [0.25, 0.3) is 0 Å². The lowest BCUT2D eigenvalue weighted by Gasteiger charge is -2.40. The maximum absolute atomic E-state index is 14.0. The van der Waals surface area contributed by atoms with Crippen molar-refractivity contribution in [1.29, 1.82) is 0 Å². The number of alkyl halides is 3. The second-order valence-electron chi connectivity index (χ2n) is 10.7. The van der Waals surface area contributed by atoms with Crippen molar-refractivity contribution in [2.24, 2.45) is 5.73 Å². The molecule has 1 aliphatic heterocycles. The fourth-order valence-corrected chi connectivity index (χ4v) is 5.56. The van der Waals surface area contributed by atoms with Crippen molar-refractivity contribution >= 4 is 29.4 Å². The molecule has 2 amide bonds. The van der Waals surface area contributed by atoms with E-state index in [2.05, 4.69) is 10.1 Å². The minimum absolute atomic E-state index is 0.247. The maximum atomic E-state index is 14.0. The molecule has 5 rings (SSSR count). The van der Waals surface area contributed by atoms with Crippen molar-refractivity contribution in [1.82, 2.24) is 4.90 Å². The van der Waals surface area contributed by atoms with Crippen molar-refractivity contribution < 1.29 is 37.1 Å². The Morgan fingerprint density at radius 3 is 2.21 bits per heavy atom. The molecule has 0 bridgehead atoms. The van der Waals surface area contributed by atoms with Crippen LogP contribution in [0.4, 0.5) is 18.9 Å². The Bertz CT molecular complexity index is 1520. The Morgan fingerprint density at radius 1 is 0.907 bits per heavy atom. The third-order valence-electron chi connectivity index (χ3n) is 7.82. The van der Waals surface area contributed by atoms with Gasteiger partial charge in [-0.3, -0.25) is 9.59 Å². The van der Waals surface area contributed by atoms with Crippen LogP contribution in [0.3, 0.4) is 0 Å². The van der Waals surface area contributed by atoms with E-state index in [1.807, 2.05) is 42.5 Å². The summed E-state index contributed by atoms with van der Waals surface area (Å²) in [5.74, 6) is -4.72. The van der Waals surface area contributed by atoms with E-state index < -0.39 is 30.1 Å². The molecular weight excluding hydrogens is 563 g/mol. The summed E-state index contributed by atoms with van der Waals surface area (Å²) < 4.78 is 41.2. The normalized spacial score (nSPS) is 18.6. The molecule has 0 radical (unpaired) electrons. The Morgan fingerprint density at radius 2 is 1.58 bits per heavy atom. The summed E-state index contributed by atoms with van der Waals surface area (Å²) in [5, 5.41) is 2.79. The molecule has 2 atom stereocenters. The number of nitrogens with two attached hydrogens (primary N) is 1. The van der Waals surface area contributed by atoms with E-state index in [1.54, 1.807) is 11.0 Å². The molecule has 11 heteroatoms. The number of carbonyl (C=O) groups excluding carboxylic acids is 4. The van der Waals surface area contributed by atoms with Crippen LogP contribution >= 0.6 is 0 Å². The second kappa shape index (κ2) is 12.4. The fraction of sp³-hybridized carbons (Fsp3) is 0.312. The maximum Gasteiger partial charge on any atom is 0.491 e. The van der Waals surface area contributed by atoms with Crippen molar-refractivity contribution in [2.75, 3.05) is 11.9 Å². The van der Waals surface area contributed by atoms with Crippen molar-refractivity contribution in [2.45, 2.75) is 56.3 Å². The molecule has 3 aromatic rings. The van der Waals surface area contributed by atoms with Crippen LogP contribution in [0.5, 0.6) is 0 Å². The molecule has 2 aliphatic rings. The molecule has 43 heavy (non-hydrogen) atoms. The third kappa shape index (κ3) is 6.77. The number of benzene rings is 3. The Kier molecular flexibility index (Phi) is 8.63. The zero-order valence-electron chi connectivity index (χ0n) is 23.1. The van der Waals surface area contributed by atoms with Crippen LogP contribution < -0.4 is 11.1 Å². The second-order valence-corrected chi connectivity index (χ2v) is 10.7. The van der Waals surface area contributed by atoms with Gasteiger partial charge < -0.3 is 20.7 Å². The van der Waals surface area contributed by atoms with E-state index in [-0.39, 0.29) is 23.1 Å². The van der Waals surface area contributed by atoms with Gasteiger partial charge >= 0.3 is 18.1 Å². The monoisotopic (exact) mass is 593 g/mol. The molecule has 1 aliphatic carbocycles. The summed E-state index contributed by atoms with van der Waals surface area (Å²) >= 11 is 0. The summed E-state index contributed by atoms with van der Waals surface area (Å²) in [5.41, 5.74) is 9.34. The summed E-state index contributed by atoms with van der Waals surface area (Å²) in [6.07, 6.45) is -1.86. The number of carbonyl (C=O) groups is 4. The van der Waals surface area contributed by atoms with Gasteiger partial charge in [-0.2, -0.15) is 13.2 Å². The molecule has 3 aromatic carbocycles. The van der Waals surface area contributed by atoms with Gasteiger partial charge in [-0.25, -0.2) is 9.59 Å². The lowest BCUT2D eigenvalue weighted by atomic mass is 9.82. The minimum Gasteiger partial charge on any atom is -0.383 e. The summed E-state index contributed by atoms with van der Waals surface area (Å²) in [7, 11) is 0. The molecule has 2 fully saturated rings. The molecule has 0 spiro atoms. The van der Waals surface area contributed by atoms with Crippen molar-refractivity contribution in [3.8, 4) is 0 Å². The Balaban J connectivity index is 1.39. The highest BCUT2D eigenvalue weighted by Crippen LogP contribution is 2.42. The molecule has 1 saturated heterocycles. The van der Waals surface area contributed by atoms with Gasteiger partial charge in [0.05, 0.1) is 5.56 Å². The molecule has 2 unspecified atom stereocenters. The molecule has 0 aromatic heterocycles. The quantitative estimate of drug-likeness (QED) is 0.284. The van der Waals surface area contributed by atoms with Crippen LogP contribution in [-0.4, -0.2) is 47.4 Å². The van der Waals surface area contributed by atoms with Crippen LogP contribution in [-0.2, 0) is 20.9 Å². The standard InChI is InChI=1S/C32H30F3N3O5/c33-32(34,35)31(42)43-30(41)21-12-14-24(15-13-21)37-28(39)27-25(19-5-2-1-3-6-19)7-4-16-38(27)29(40)22-10-11-23(18-36)26(17-22)20-8-9-20/h1-3,5-6,10-15,17,20,25,27H,4,7-9,16,18,36H2,(H,37,39). The number of piperidine rings is 1. The molecule has 1 heterocycles. The summed E-state index contributed by atoms with van der Waals surface area (Å²) in [6, 6.07) is 19.0. The third-order valence-corrected chi connectivity index (χ3v) is 7.82. The van der Waals surface area contributed by atoms with Crippen LogP contribution in [0.15, 0.2) is 72.8 Å². The lowest BCUT2D eigenvalue weighted by molar-refractivity contribution is -0.193. The first-order valence-electron chi connectivity index (χ1n) is 14.0. The number of ether oxygens (including phenoxy) is 1. The number of halogens is 3. The van der Waals surface area contributed by atoms with Gasteiger partial charge in [0, 0.05) is 30.3 Å².